The van der Waals surface area contributed by atoms with Gasteiger partial charge in [-0.05, 0) is 43.9 Å². The molecule has 0 bridgehead atoms. The third-order valence-corrected chi connectivity index (χ3v) is 4.27. The van der Waals surface area contributed by atoms with Gasteiger partial charge in [0.1, 0.15) is 0 Å². The molecule has 1 heterocycles. The normalized spacial score (nSPS) is 19.5. The molecule has 1 aliphatic heterocycles. The highest BCUT2D eigenvalue weighted by Crippen LogP contribution is 2.27. The minimum atomic E-state index is -0.0395. The zero-order valence-electron chi connectivity index (χ0n) is 10.5. The molecule has 104 valence electrons. The maximum Gasteiger partial charge on any atom is 0.255 e. The molecule has 2 nitrogen and oxygen atoms in total. The molecule has 1 saturated heterocycles. The fourth-order valence-corrected chi connectivity index (χ4v) is 3.13. The Labute approximate surface area is 128 Å². The Bertz CT molecular complexity index is 462. The second-order valence-corrected chi connectivity index (χ2v) is 5.97. The lowest BCUT2D eigenvalue weighted by molar-refractivity contribution is 0.0609. The lowest BCUT2D eigenvalue weighted by atomic mass is 9.99. The Hall–Kier alpha value is -0.440. The van der Waals surface area contributed by atoms with Crippen LogP contribution in [0.2, 0.25) is 10.0 Å². The quantitative estimate of drug-likeness (QED) is 0.744. The number of rotatable bonds is 3. The van der Waals surface area contributed by atoms with Crippen molar-refractivity contribution in [2.24, 2.45) is 0 Å². The number of benzene rings is 1. The van der Waals surface area contributed by atoms with Gasteiger partial charge in [-0.3, -0.25) is 4.79 Å². The summed E-state index contributed by atoms with van der Waals surface area (Å²) in [6.45, 7) is 0.767. The molecule has 1 aromatic carbocycles. The van der Waals surface area contributed by atoms with Gasteiger partial charge >= 0.3 is 0 Å². The van der Waals surface area contributed by atoms with Crippen molar-refractivity contribution in [2.75, 3.05) is 12.4 Å². The van der Waals surface area contributed by atoms with E-state index in [1.807, 2.05) is 4.90 Å². The highest BCUT2D eigenvalue weighted by Gasteiger charge is 2.28. The van der Waals surface area contributed by atoms with Crippen molar-refractivity contribution in [3.8, 4) is 0 Å². The highest BCUT2D eigenvalue weighted by molar-refractivity contribution is 6.35. The topological polar surface area (TPSA) is 20.3 Å². The number of amides is 1. The minimum Gasteiger partial charge on any atom is -0.336 e. The monoisotopic (exact) mass is 319 g/mol. The van der Waals surface area contributed by atoms with Crippen molar-refractivity contribution < 1.29 is 4.79 Å². The van der Waals surface area contributed by atoms with Gasteiger partial charge in [-0.25, -0.2) is 0 Å². The third kappa shape index (κ3) is 3.56. The first kappa shape index (κ1) is 15.0. The molecule has 1 aliphatic rings. The number of hydrogen-bond donors (Lipinski definition) is 0. The number of piperidine rings is 1. The summed E-state index contributed by atoms with van der Waals surface area (Å²) in [5, 5.41) is 0.975. The SMILES string of the molecule is O=C(c1cc(Cl)ccc1Cl)N1CCCCC1CCCl. The van der Waals surface area contributed by atoms with Crippen LogP contribution in [0, 0.1) is 0 Å². The van der Waals surface area contributed by atoms with Crippen LogP contribution in [-0.4, -0.2) is 29.3 Å². The maximum atomic E-state index is 12.6. The number of carbonyl (C=O) groups is 1. The molecule has 0 spiro atoms. The molecule has 19 heavy (non-hydrogen) atoms. The van der Waals surface area contributed by atoms with Crippen molar-refractivity contribution in [3.63, 3.8) is 0 Å². The standard InChI is InChI=1S/C14H16Cl3NO/c15-7-6-11-3-1-2-8-18(11)14(19)12-9-10(16)4-5-13(12)17/h4-5,9,11H,1-3,6-8H2. The number of alkyl halides is 1. The molecule has 0 radical (unpaired) electrons. The van der Waals surface area contributed by atoms with Crippen LogP contribution in [-0.2, 0) is 0 Å². The van der Waals surface area contributed by atoms with Crippen LogP contribution < -0.4 is 0 Å². The largest absolute Gasteiger partial charge is 0.336 e. The van der Waals surface area contributed by atoms with Crippen LogP contribution in [0.3, 0.4) is 0 Å². The van der Waals surface area contributed by atoms with Crippen molar-refractivity contribution in [1.29, 1.82) is 0 Å². The number of nitrogens with zero attached hydrogens (tertiary/aromatic N) is 1. The van der Waals surface area contributed by atoms with E-state index in [0.29, 0.717) is 21.5 Å². The van der Waals surface area contributed by atoms with E-state index in [4.69, 9.17) is 34.8 Å². The van der Waals surface area contributed by atoms with Gasteiger partial charge in [-0.15, -0.1) is 11.6 Å². The summed E-state index contributed by atoms with van der Waals surface area (Å²) in [6.07, 6.45) is 4.01. The van der Waals surface area contributed by atoms with Crippen LogP contribution in [0.15, 0.2) is 18.2 Å². The Morgan fingerprint density at radius 1 is 1.32 bits per heavy atom. The van der Waals surface area contributed by atoms with Gasteiger partial charge in [0, 0.05) is 23.5 Å². The molecular formula is C14H16Cl3NO. The number of hydrogen-bond acceptors (Lipinski definition) is 1. The summed E-state index contributed by atoms with van der Waals surface area (Å²) in [6, 6.07) is 5.21. The molecule has 0 N–H and O–H groups in total. The van der Waals surface area contributed by atoms with Gasteiger partial charge < -0.3 is 4.90 Å². The summed E-state index contributed by atoms with van der Waals surface area (Å²) in [5.41, 5.74) is 0.482. The van der Waals surface area contributed by atoms with Crippen molar-refractivity contribution in [3.05, 3.63) is 33.8 Å². The summed E-state index contributed by atoms with van der Waals surface area (Å²) in [4.78, 5) is 14.5. The fraction of sp³-hybridized carbons (Fsp3) is 0.500. The molecule has 0 aliphatic carbocycles. The van der Waals surface area contributed by atoms with Gasteiger partial charge in [-0.2, -0.15) is 0 Å². The number of carbonyl (C=O) groups excluding carboxylic acids is 1. The molecule has 1 amide bonds. The summed E-state index contributed by atoms with van der Waals surface area (Å²) in [5.74, 6) is 0.528. The first-order chi connectivity index (χ1) is 9.13. The van der Waals surface area contributed by atoms with Gasteiger partial charge in [0.05, 0.1) is 10.6 Å². The minimum absolute atomic E-state index is 0.0395. The van der Waals surface area contributed by atoms with Gasteiger partial charge in [0.15, 0.2) is 0 Å². The Kier molecular flexibility index (Phi) is 5.37. The van der Waals surface area contributed by atoms with E-state index in [9.17, 15) is 4.79 Å². The first-order valence-electron chi connectivity index (χ1n) is 6.45. The van der Waals surface area contributed by atoms with E-state index in [1.54, 1.807) is 18.2 Å². The van der Waals surface area contributed by atoms with Crippen molar-refractivity contribution in [2.45, 2.75) is 31.7 Å². The van der Waals surface area contributed by atoms with Crippen LogP contribution in [0.1, 0.15) is 36.0 Å². The predicted molar refractivity (Wildman–Crippen MR) is 80.5 cm³/mol. The van der Waals surface area contributed by atoms with E-state index in [1.165, 1.54) is 0 Å². The van der Waals surface area contributed by atoms with Crippen molar-refractivity contribution in [1.82, 2.24) is 4.90 Å². The Morgan fingerprint density at radius 2 is 2.11 bits per heavy atom. The smallest absolute Gasteiger partial charge is 0.255 e. The summed E-state index contributed by atoms with van der Waals surface area (Å²) in [7, 11) is 0. The fourth-order valence-electron chi connectivity index (χ4n) is 2.51. The molecule has 1 fully saturated rings. The average Bonchev–Trinajstić information content (AvgIpc) is 2.42. The van der Waals surface area contributed by atoms with E-state index in [2.05, 4.69) is 0 Å². The second kappa shape index (κ2) is 6.83. The number of likely N-dealkylation sites (tertiary alicyclic amines) is 1. The summed E-state index contributed by atoms with van der Waals surface area (Å²) < 4.78 is 0. The Balaban J connectivity index is 2.23. The van der Waals surface area contributed by atoms with Crippen LogP contribution in [0.5, 0.6) is 0 Å². The predicted octanol–water partition coefficient (Wildman–Crippen LogP) is 4.62. The molecule has 0 saturated carbocycles. The molecule has 5 heteroatoms. The van der Waals surface area contributed by atoms with Crippen LogP contribution >= 0.6 is 34.8 Å². The van der Waals surface area contributed by atoms with Gasteiger partial charge in [0.25, 0.3) is 5.91 Å². The van der Waals surface area contributed by atoms with Gasteiger partial charge in [-0.1, -0.05) is 23.2 Å². The third-order valence-electron chi connectivity index (χ3n) is 3.49. The average molecular weight is 321 g/mol. The molecule has 0 aromatic heterocycles. The van der Waals surface area contributed by atoms with E-state index in [-0.39, 0.29) is 11.9 Å². The lowest BCUT2D eigenvalue weighted by Crippen LogP contribution is -2.44. The van der Waals surface area contributed by atoms with E-state index < -0.39 is 0 Å². The summed E-state index contributed by atoms with van der Waals surface area (Å²) >= 11 is 17.9. The van der Waals surface area contributed by atoms with Crippen LogP contribution in [0.4, 0.5) is 0 Å². The molecule has 1 unspecified atom stereocenters. The zero-order valence-corrected chi connectivity index (χ0v) is 12.8. The van der Waals surface area contributed by atoms with Gasteiger partial charge in [0.2, 0.25) is 0 Å². The second-order valence-electron chi connectivity index (χ2n) is 4.75. The van der Waals surface area contributed by atoms with Crippen molar-refractivity contribution >= 4 is 40.7 Å². The first-order valence-corrected chi connectivity index (χ1v) is 7.74. The van der Waals surface area contributed by atoms with E-state index in [0.717, 1.165) is 32.2 Å². The van der Waals surface area contributed by atoms with E-state index >= 15 is 0 Å². The number of halogens is 3. The Morgan fingerprint density at radius 3 is 2.84 bits per heavy atom. The highest BCUT2D eigenvalue weighted by atomic mass is 35.5. The lowest BCUT2D eigenvalue weighted by Gasteiger charge is -2.35. The molecule has 1 atom stereocenters. The van der Waals surface area contributed by atoms with Crippen LogP contribution in [0.25, 0.3) is 0 Å². The zero-order chi connectivity index (χ0) is 13.8. The molecule has 1 aromatic rings. The molecular weight excluding hydrogens is 305 g/mol. The molecule has 2 rings (SSSR count). The maximum absolute atomic E-state index is 12.6.